The summed E-state index contributed by atoms with van der Waals surface area (Å²) in [6.45, 7) is 0. The number of nitrogens with zero attached hydrogens (tertiary/aromatic N) is 2. The Hall–Kier alpha value is 0.670. The van der Waals surface area contributed by atoms with Gasteiger partial charge >= 0.3 is 0 Å². The smallest absolute Gasteiger partial charge is 0.136 e. The molecule has 0 spiro atoms. The van der Waals surface area contributed by atoms with Crippen LogP contribution in [0.5, 0.6) is 0 Å². The SMILES string of the molecule is Cn1cc(I)c(I)n1. The van der Waals surface area contributed by atoms with Gasteiger partial charge in [0.25, 0.3) is 0 Å². The predicted molar refractivity (Wildman–Crippen MR) is 48.6 cm³/mol. The molecule has 0 aliphatic heterocycles. The number of halogens is 2. The molecule has 0 bridgehead atoms. The van der Waals surface area contributed by atoms with Gasteiger partial charge in [-0.25, -0.2) is 0 Å². The van der Waals surface area contributed by atoms with Gasteiger partial charge in [-0.3, -0.25) is 4.68 Å². The Kier molecular flexibility index (Phi) is 2.13. The first-order valence-corrected chi connectivity index (χ1v) is 4.20. The second-order valence-corrected chi connectivity index (χ2v) is 3.63. The van der Waals surface area contributed by atoms with Crippen molar-refractivity contribution in [2.45, 2.75) is 0 Å². The van der Waals surface area contributed by atoms with E-state index in [4.69, 9.17) is 0 Å². The Labute approximate surface area is 74.9 Å². The third-order valence-electron chi connectivity index (χ3n) is 0.743. The standard InChI is InChI=1S/C4H4I2N2/c1-8-2-3(5)4(6)7-8/h2H,1H3. The molecule has 1 rings (SSSR count). The van der Waals surface area contributed by atoms with E-state index in [0.717, 1.165) is 3.70 Å². The number of rotatable bonds is 0. The zero-order valence-corrected chi connectivity index (χ0v) is 8.54. The van der Waals surface area contributed by atoms with Gasteiger partial charge in [0.15, 0.2) is 0 Å². The van der Waals surface area contributed by atoms with Crippen molar-refractivity contribution in [3.8, 4) is 0 Å². The molecule has 0 aliphatic carbocycles. The Balaban J connectivity index is 3.14. The summed E-state index contributed by atoms with van der Waals surface area (Å²) in [7, 11) is 1.92. The highest BCUT2D eigenvalue weighted by molar-refractivity contribution is 14.1. The molecule has 1 heterocycles. The lowest BCUT2D eigenvalue weighted by Crippen LogP contribution is -1.85. The molecule has 1 aromatic heterocycles. The normalized spacial score (nSPS) is 9.88. The fraction of sp³-hybridized carbons (Fsp3) is 0.250. The van der Waals surface area contributed by atoms with E-state index in [9.17, 15) is 0 Å². The van der Waals surface area contributed by atoms with E-state index < -0.39 is 0 Å². The molecule has 4 heteroatoms. The summed E-state index contributed by atoms with van der Waals surface area (Å²) in [5.74, 6) is 0. The average Bonchev–Trinajstić information content (AvgIpc) is 1.85. The van der Waals surface area contributed by atoms with Crippen LogP contribution >= 0.6 is 45.2 Å². The number of hydrogen-bond acceptors (Lipinski definition) is 1. The number of hydrogen-bond donors (Lipinski definition) is 0. The molecule has 0 atom stereocenters. The molecule has 0 unspecified atom stereocenters. The molecule has 0 aromatic carbocycles. The fourth-order valence-corrected chi connectivity index (χ4v) is 1.42. The molecular weight excluding hydrogens is 330 g/mol. The van der Waals surface area contributed by atoms with Crippen molar-refractivity contribution in [2.24, 2.45) is 7.05 Å². The largest absolute Gasteiger partial charge is 0.274 e. The molecular formula is C4H4I2N2. The molecule has 0 fully saturated rings. The van der Waals surface area contributed by atoms with Crippen LogP contribution in [0, 0.1) is 7.27 Å². The van der Waals surface area contributed by atoms with Crippen molar-refractivity contribution in [1.82, 2.24) is 9.78 Å². The van der Waals surface area contributed by atoms with Crippen LogP contribution in [-0.4, -0.2) is 9.78 Å². The minimum Gasteiger partial charge on any atom is -0.274 e. The summed E-state index contributed by atoms with van der Waals surface area (Å²) in [5, 5.41) is 4.11. The van der Waals surface area contributed by atoms with Gasteiger partial charge in [0.05, 0.1) is 3.57 Å². The summed E-state index contributed by atoms with van der Waals surface area (Å²) in [5.41, 5.74) is 0. The van der Waals surface area contributed by atoms with Crippen molar-refractivity contribution in [3.05, 3.63) is 13.5 Å². The molecule has 44 valence electrons. The minimum absolute atomic E-state index is 1.07. The Morgan fingerprint density at radius 1 is 1.62 bits per heavy atom. The van der Waals surface area contributed by atoms with Crippen LogP contribution < -0.4 is 0 Å². The highest BCUT2D eigenvalue weighted by atomic mass is 127. The van der Waals surface area contributed by atoms with E-state index in [1.54, 1.807) is 0 Å². The summed E-state index contributed by atoms with van der Waals surface area (Å²) in [6.07, 6.45) is 1.99. The lowest BCUT2D eigenvalue weighted by molar-refractivity contribution is 0.759. The van der Waals surface area contributed by atoms with E-state index in [-0.39, 0.29) is 0 Å². The van der Waals surface area contributed by atoms with Gasteiger partial charge in [-0.2, -0.15) is 5.10 Å². The third-order valence-corrected chi connectivity index (χ3v) is 3.36. The van der Waals surface area contributed by atoms with Crippen molar-refractivity contribution >= 4 is 45.2 Å². The summed E-state index contributed by atoms with van der Waals surface area (Å²) in [4.78, 5) is 0. The second kappa shape index (κ2) is 2.51. The van der Waals surface area contributed by atoms with Gasteiger partial charge in [-0.05, 0) is 45.2 Å². The molecule has 0 saturated heterocycles. The van der Waals surface area contributed by atoms with Gasteiger partial charge in [0, 0.05) is 13.2 Å². The van der Waals surface area contributed by atoms with Crippen LogP contribution in [0.2, 0.25) is 0 Å². The molecule has 0 saturated carbocycles. The molecule has 0 N–H and O–H groups in total. The van der Waals surface area contributed by atoms with Gasteiger partial charge in [-0.1, -0.05) is 0 Å². The molecule has 1 aromatic rings. The molecule has 8 heavy (non-hydrogen) atoms. The van der Waals surface area contributed by atoms with Crippen LogP contribution in [0.4, 0.5) is 0 Å². The topological polar surface area (TPSA) is 17.8 Å². The second-order valence-electron chi connectivity index (χ2n) is 1.44. The lowest BCUT2D eigenvalue weighted by atomic mass is 10.8. The maximum absolute atomic E-state index is 4.11. The summed E-state index contributed by atoms with van der Waals surface area (Å²) >= 11 is 4.46. The fourth-order valence-electron chi connectivity index (χ4n) is 0.432. The Morgan fingerprint density at radius 2 is 2.25 bits per heavy atom. The van der Waals surface area contributed by atoms with Crippen molar-refractivity contribution in [1.29, 1.82) is 0 Å². The maximum atomic E-state index is 4.11. The lowest BCUT2D eigenvalue weighted by Gasteiger charge is -1.78. The van der Waals surface area contributed by atoms with Crippen LogP contribution in [-0.2, 0) is 7.05 Å². The molecule has 0 radical (unpaired) electrons. The van der Waals surface area contributed by atoms with Crippen LogP contribution in [0.3, 0.4) is 0 Å². The van der Waals surface area contributed by atoms with Gasteiger partial charge < -0.3 is 0 Å². The van der Waals surface area contributed by atoms with E-state index in [2.05, 4.69) is 50.3 Å². The predicted octanol–water partition coefficient (Wildman–Crippen LogP) is 1.63. The molecule has 0 aliphatic rings. The Morgan fingerprint density at radius 3 is 2.38 bits per heavy atom. The monoisotopic (exact) mass is 334 g/mol. The van der Waals surface area contributed by atoms with E-state index in [1.165, 1.54) is 3.57 Å². The van der Waals surface area contributed by atoms with E-state index >= 15 is 0 Å². The molecule has 2 nitrogen and oxygen atoms in total. The van der Waals surface area contributed by atoms with E-state index in [0.29, 0.717) is 0 Å². The van der Waals surface area contributed by atoms with Crippen molar-refractivity contribution in [3.63, 3.8) is 0 Å². The van der Waals surface area contributed by atoms with Crippen LogP contribution in [0.1, 0.15) is 0 Å². The first-order valence-electron chi connectivity index (χ1n) is 2.05. The third kappa shape index (κ3) is 1.34. The van der Waals surface area contributed by atoms with E-state index in [1.807, 2.05) is 17.9 Å². The zero-order valence-electron chi connectivity index (χ0n) is 4.23. The first-order chi connectivity index (χ1) is 3.70. The maximum Gasteiger partial charge on any atom is 0.136 e. The number of aryl methyl sites for hydroxylation is 1. The average molecular weight is 334 g/mol. The van der Waals surface area contributed by atoms with Crippen molar-refractivity contribution < 1.29 is 0 Å². The summed E-state index contributed by atoms with van der Waals surface area (Å²) < 4.78 is 4.10. The quantitative estimate of drug-likeness (QED) is 0.660. The first kappa shape index (κ1) is 6.79. The minimum atomic E-state index is 1.07. The highest BCUT2D eigenvalue weighted by Crippen LogP contribution is 2.10. The molecule has 0 amide bonds. The highest BCUT2D eigenvalue weighted by Gasteiger charge is 1.96. The van der Waals surface area contributed by atoms with Gasteiger partial charge in [-0.15, -0.1) is 0 Å². The summed E-state index contributed by atoms with van der Waals surface area (Å²) in [6, 6.07) is 0. The number of aromatic nitrogens is 2. The Bertz CT molecular complexity index is 174. The van der Waals surface area contributed by atoms with Gasteiger partial charge in [0.2, 0.25) is 0 Å². The van der Waals surface area contributed by atoms with Crippen molar-refractivity contribution in [2.75, 3.05) is 0 Å². The zero-order chi connectivity index (χ0) is 6.15. The van der Waals surface area contributed by atoms with Crippen LogP contribution in [0.15, 0.2) is 6.20 Å². The van der Waals surface area contributed by atoms with Crippen LogP contribution in [0.25, 0.3) is 0 Å². The van der Waals surface area contributed by atoms with Gasteiger partial charge in [0.1, 0.15) is 3.70 Å².